The minimum absolute atomic E-state index is 0.00392. The van der Waals surface area contributed by atoms with Gasteiger partial charge in [-0.2, -0.15) is 0 Å². The van der Waals surface area contributed by atoms with Crippen molar-refractivity contribution in [2.24, 2.45) is 4.99 Å². The van der Waals surface area contributed by atoms with Crippen molar-refractivity contribution in [3.05, 3.63) is 147 Å². The van der Waals surface area contributed by atoms with E-state index < -0.39 is 29.2 Å². The Hall–Kier alpha value is -8.26. The summed E-state index contributed by atoms with van der Waals surface area (Å²) in [7, 11) is 5.44. The van der Waals surface area contributed by atoms with E-state index in [1.54, 1.807) is 25.2 Å². The highest BCUT2D eigenvalue weighted by Crippen LogP contribution is 2.45. The molecule has 4 aromatic carbocycles. The molecular weight excluding hydrogens is 771 g/mol. The van der Waals surface area contributed by atoms with Crippen LogP contribution in [0.2, 0.25) is 0 Å². The maximum absolute atomic E-state index is 13.8. The van der Waals surface area contributed by atoms with Crippen molar-refractivity contribution in [3.8, 4) is 50.7 Å². The quantitative estimate of drug-likeness (QED) is 0.0901. The SMILES string of the molecule is CN=c1ccc2c(-c3ccc(C(=O)NCc4c(O)ccc5c(-c6ccc(C(=O)O)cc6C(=O)O)c6ccc(=O)cc-6oc45)cc3C(=O)O)c3ccc(N(C)C)cc3oc-2c1. The zero-order valence-electron chi connectivity index (χ0n) is 32.1. The molecule has 4 aliphatic rings. The van der Waals surface area contributed by atoms with Crippen LogP contribution in [0.3, 0.4) is 0 Å². The summed E-state index contributed by atoms with van der Waals surface area (Å²) >= 11 is 0. The third-order valence-corrected chi connectivity index (χ3v) is 10.4. The molecule has 0 spiro atoms. The van der Waals surface area contributed by atoms with Gasteiger partial charge >= 0.3 is 17.9 Å². The number of phenolic OH excluding ortho intramolecular Hbond substituents is 1. The molecule has 2 aliphatic heterocycles. The summed E-state index contributed by atoms with van der Waals surface area (Å²) in [5.41, 5.74) is 2.55. The number of fused-ring (bicyclic) bond motifs is 4. The topological polar surface area (TPSA) is 220 Å². The molecule has 14 nitrogen and oxygen atoms in total. The van der Waals surface area contributed by atoms with Gasteiger partial charge in [-0.15, -0.1) is 0 Å². The lowest BCUT2D eigenvalue weighted by atomic mass is 9.89. The Bertz CT molecular complexity index is 3200. The van der Waals surface area contributed by atoms with Gasteiger partial charge in [0.1, 0.15) is 28.4 Å². The van der Waals surface area contributed by atoms with E-state index in [2.05, 4.69) is 10.3 Å². The minimum atomic E-state index is -1.41. The van der Waals surface area contributed by atoms with Crippen LogP contribution >= 0.6 is 0 Å². The number of aromatic carboxylic acids is 3. The van der Waals surface area contributed by atoms with Crippen molar-refractivity contribution in [2.75, 3.05) is 26.0 Å². The molecule has 14 heteroatoms. The van der Waals surface area contributed by atoms with Crippen LogP contribution < -0.4 is 21.0 Å². The number of nitrogens with one attached hydrogen (secondary N) is 1. The second-order valence-electron chi connectivity index (χ2n) is 14.1. The zero-order valence-corrected chi connectivity index (χ0v) is 32.1. The lowest BCUT2D eigenvalue weighted by Crippen LogP contribution is -2.23. The minimum Gasteiger partial charge on any atom is -0.507 e. The van der Waals surface area contributed by atoms with Gasteiger partial charge in [-0.3, -0.25) is 14.6 Å². The van der Waals surface area contributed by atoms with Crippen LogP contribution in [0.5, 0.6) is 5.75 Å². The first-order valence-corrected chi connectivity index (χ1v) is 18.3. The number of carboxylic acid groups (broad SMARTS) is 3. The molecule has 1 amide bonds. The van der Waals surface area contributed by atoms with Gasteiger partial charge in [0.25, 0.3) is 5.91 Å². The van der Waals surface area contributed by atoms with Crippen molar-refractivity contribution in [2.45, 2.75) is 6.54 Å². The number of aromatic hydroxyl groups is 1. The van der Waals surface area contributed by atoms with E-state index in [-0.39, 0.29) is 68.0 Å². The molecule has 298 valence electrons. The number of hydrogen-bond acceptors (Lipinski definition) is 10. The Kier molecular flexibility index (Phi) is 9.60. The highest BCUT2D eigenvalue weighted by molar-refractivity contribution is 6.11. The Morgan fingerprint density at radius 3 is 1.90 bits per heavy atom. The highest BCUT2D eigenvalue weighted by Gasteiger charge is 2.27. The molecule has 0 aromatic heterocycles. The fraction of sp³-hybridized carbons (Fsp3) is 0.0870. The van der Waals surface area contributed by atoms with E-state index in [0.717, 1.165) is 11.8 Å². The molecule has 2 aliphatic carbocycles. The maximum atomic E-state index is 13.8. The molecule has 0 fully saturated rings. The average Bonchev–Trinajstić information content (AvgIpc) is 3.23. The Labute approximate surface area is 339 Å². The smallest absolute Gasteiger partial charge is 0.336 e. The number of nitrogens with zero attached hydrogens (tertiary/aromatic N) is 2. The number of benzene rings is 6. The summed E-state index contributed by atoms with van der Waals surface area (Å²) in [6.45, 7) is -0.351. The van der Waals surface area contributed by atoms with Crippen molar-refractivity contribution < 1.29 is 48.4 Å². The summed E-state index contributed by atoms with van der Waals surface area (Å²) in [6, 6.07) is 25.7. The number of carboxylic acids is 3. The number of hydrogen-bond donors (Lipinski definition) is 5. The van der Waals surface area contributed by atoms with Crippen LogP contribution in [-0.4, -0.2) is 65.4 Å². The molecular formula is C46H33N3O11. The first kappa shape index (κ1) is 38.6. The molecule has 0 saturated heterocycles. The Morgan fingerprint density at radius 1 is 0.650 bits per heavy atom. The maximum Gasteiger partial charge on any atom is 0.336 e. The molecule has 4 aromatic rings. The summed E-state index contributed by atoms with van der Waals surface area (Å²) in [5, 5.41) is 45.7. The van der Waals surface area contributed by atoms with E-state index >= 15 is 0 Å². The van der Waals surface area contributed by atoms with Gasteiger partial charge in [-0.1, -0.05) is 12.1 Å². The van der Waals surface area contributed by atoms with Gasteiger partial charge in [-0.05, 0) is 83.9 Å². The molecule has 60 heavy (non-hydrogen) atoms. The van der Waals surface area contributed by atoms with Gasteiger partial charge in [0.15, 0.2) is 5.43 Å². The van der Waals surface area contributed by atoms with Gasteiger partial charge in [0.05, 0.1) is 34.2 Å². The number of carbonyl (C=O) groups is 4. The molecule has 0 atom stereocenters. The van der Waals surface area contributed by atoms with E-state index in [0.29, 0.717) is 44.3 Å². The number of anilines is 1. The Balaban J connectivity index is 1.22. The molecule has 0 unspecified atom stereocenters. The molecule has 0 saturated carbocycles. The molecule has 2 heterocycles. The van der Waals surface area contributed by atoms with Crippen LogP contribution in [0.25, 0.3) is 66.8 Å². The summed E-state index contributed by atoms with van der Waals surface area (Å²) < 4.78 is 12.5. The second-order valence-corrected chi connectivity index (χ2v) is 14.1. The summed E-state index contributed by atoms with van der Waals surface area (Å²) in [4.78, 5) is 69.6. The number of carbonyl (C=O) groups excluding carboxylic acids is 1. The molecule has 8 rings (SSSR count). The molecule has 0 bridgehead atoms. The normalized spacial score (nSPS) is 11.7. The van der Waals surface area contributed by atoms with E-state index in [9.17, 15) is 44.4 Å². The number of rotatable bonds is 9. The lowest BCUT2D eigenvalue weighted by Gasteiger charge is -2.20. The first-order chi connectivity index (χ1) is 28.7. The van der Waals surface area contributed by atoms with Crippen LogP contribution in [0.4, 0.5) is 5.69 Å². The number of amides is 1. The van der Waals surface area contributed by atoms with Crippen LogP contribution in [0.1, 0.15) is 47.0 Å². The van der Waals surface area contributed by atoms with Crippen molar-refractivity contribution in [1.82, 2.24) is 5.32 Å². The lowest BCUT2D eigenvalue weighted by molar-refractivity contribution is 0.0682. The second kappa shape index (κ2) is 14.9. The van der Waals surface area contributed by atoms with Gasteiger partial charge in [0, 0.05) is 83.6 Å². The van der Waals surface area contributed by atoms with E-state index in [1.807, 2.05) is 43.3 Å². The third-order valence-electron chi connectivity index (χ3n) is 10.4. The van der Waals surface area contributed by atoms with Crippen LogP contribution in [0, 0.1) is 0 Å². The average molecular weight is 804 g/mol. The Morgan fingerprint density at radius 2 is 1.25 bits per heavy atom. The standard InChI is InChI=1S/C46H33N3O11/c1-47-24-6-11-29-37(18-24)59-38-19-25(49(2)3)7-12-30(38)40(29)27-9-4-22(16-33(27)45(55)56)43(52)48-21-35-36(51)15-14-32-41(31-13-8-26(50)20-39(31)60-42(32)35)28-10-5-23(44(53)54)17-34(28)46(57)58/h4-20,51H,21H2,1-3H3,(H,48,52)(H,53,54)(H,55,56)(H,57,58). The fourth-order valence-electron chi connectivity index (χ4n) is 7.44. The van der Waals surface area contributed by atoms with Crippen LogP contribution in [-0.2, 0) is 6.54 Å². The largest absolute Gasteiger partial charge is 0.507 e. The van der Waals surface area contributed by atoms with Gasteiger partial charge in [-0.25, -0.2) is 14.4 Å². The van der Waals surface area contributed by atoms with Crippen molar-refractivity contribution >= 4 is 51.4 Å². The highest BCUT2D eigenvalue weighted by atomic mass is 16.4. The molecule has 5 N–H and O–H groups in total. The zero-order chi connectivity index (χ0) is 42.6. The monoisotopic (exact) mass is 803 g/mol. The summed E-state index contributed by atoms with van der Waals surface area (Å²) in [5.74, 6) is -4.50. The van der Waals surface area contributed by atoms with Crippen molar-refractivity contribution in [1.29, 1.82) is 0 Å². The third kappa shape index (κ3) is 6.71. The van der Waals surface area contributed by atoms with E-state index in [4.69, 9.17) is 8.83 Å². The predicted octanol–water partition coefficient (Wildman–Crippen LogP) is 7.41. The fourth-order valence-corrected chi connectivity index (χ4v) is 7.44. The summed E-state index contributed by atoms with van der Waals surface area (Å²) in [6.07, 6.45) is 0. The van der Waals surface area contributed by atoms with Crippen LogP contribution in [0.15, 0.2) is 122 Å². The predicted molar refractivity (Wildman–Crippen MR) is 222 cm³/mol. The number of phenols is 1. The van der Waals surface area contributed by atoms with Crippen molar-refractivity contribution in [3.63, 3.8) is 0 Å². The molecule has 0 radical (unpaired) electrons. The van der Waals surface area contributed by atoms with Gasteiger partial charge < -0.3 is 39.5 Å². The van der Waals surface area contributed by atoms with Gasteiger partial charge in [0.2, 0.25) is 0 Å². The first-order valence-electron chi connectivity index (χ1n) is 18.3. The van der Waals surface area contributed by atoms with E-state index in [1.165, 1.54) is 54.6 Å².